The number of aryl methyl sites for hydroxylation is 1. The van der Waals surface area contributed by atoms with Crippen molar-refractivity contribution in [2.24, 2.45) is 0 Å². The number of nitrogens with zero attached hydrogens (tertiary/aromatic N) is 4. The Morgan fingerprint density at radius 3 is 2.66 bits per heavy atom. The molecule has 0 atom stereocenters. The van der Waals surface area contributed by atoms with E-state index in [0.29, 0.717) is 33.4 Å². The fraction of sp³-hybridized carbons (Fsp3) is 0.0833. The number of carbonyl (C=O) groups excluding carboxylic acids is 1. The first-order valence-corrected chi connectivity index (χ1v) is 12.0. The van der Waals surface area contributed by atoms with Gasteiger partial charge in [0, 0.05) is 29.1 Å². The van der Waals surface area contributed by atoms with Crippen molar-refractivity contribution in [3.63, 3.8) is 0 Å². The number of methoxy groups -OCH3 is 1. The van der Waals surface area contributed by atoms with Crippen molar-refractivity contribution in [2.75, 3.05) is 17.7 Å². The Bertz CT molecular complexity index is 1530. The van der Waals surface area contributed by atoms with Crippen molar-refractivity contribution < 1.29 is 9.53 Å². The minimum Gasteiger partial charge on any atom is -0.495 e. The zero-order chi connectivity index (χ0) is 24.5. The van der Waals surface area contributed by atoms with Gasteiger partial charge in [-0.3, -0.25) is 4.79 Å². The molecule has 3 heterocycles. The van der Waals surface area contributed by atoms with Crippen LogP contribution in [0, 0.1) is 6.92 Å². The summed E-state index contributed by atoms with van der Waals surface area (Å²) in [5.41, 5.74) is 3.76. The van der Waals surface area contributed by atoms with Crippen LogP contribution in [0.15, 0.2) is 60.8 Å². The number of nitrogens with one attached hydrogen (secondary N) is 2. The van der Waals surface area contributed by atoms with Crippen LogP contribution in [-0.2, 0) is 0 Å². The summed E-state index contributed by atoms with van der Waals surface area (Å²) in [6.07, 6.45) is 6.76. The molecule has 2 N–H and O–H groups in total. The SMILES string of the molecule is COc1cc(C)c(Cl)c(NC(=O)c2csc3c(Nc4ccc(-n5ccnc5)cc4)ncnc23)c1Cl. The van der Waals surface area contributed by atoms with Crippen LogP contribution in [0.4, 0.5) is 17.2 Å². The second-order valence-electron chi connectivity index (χ2n) is 7.54. The van der Waals surface area contributed by atoms with Gasteiger partial charge in [0.15, 0.2) is 5.82 Å². The topological polar surface area (TPSA) is 94.0 Å². The van der Waals surface area contributed by atoms with Crippen molar-refractivity contribution in [1.82, 2.24) is 19.5 Å². The van der Waals surface area contributed by atoms with Crippen molar-refractivity contribution in [3.05, 3.63) is 81.9 Å². The second kappa shape index (κ2) is 9.53. The van der Waals surface area contributed by atoms with Gasteiger partial charge in [-0.15, -0.1) is 11.3 Å². The van der Waals surface area contributed by atoms with E-state index in [9.17, 15) is 4.79 Å². The zero-order valence-electron chi connectivity index (χ0n) is 18.5. The monoisotopic (exact) mass is 524 g/mol. The highest BCUT2D eigenvalue weighted by Gasteiger charge is 2.21. The molecule has 1 amide bonds. The second-order valence-corrected chi connectivity index (χ2v) is 9.18. The number of benzene rings is 2. The normalized spacial score (nSPS) is 11.0. The molecule has 0 saturated carbocycles. The van der Waals surface area contributed by atoms with Gasteiger partial charge >= 0.3 is 0 Å². The fourth-order valence-electron chi connectivity index (χ4n) is 3.55. The highest BCUT2D eigenvalue weighted by Crippen LogP contribution is 2.41. The Balaban J connectivity index is 1.42. The molecule has 35 heavy (non-hydrogen) atoms. The molecule has 2 aromatic carbocycles. The van der Waals surface area contributed by atoms with Gasteiger partial charge in [0.25, 0.3) is 5.91 Å². The standard InChI is InChI=1S/C24H18Cl2N6O2S/c1-13-9-17(34-2)19(26)21(18(13)25)31-24(33)16-10-35-22-20(16)28-11-29-23(22)30-14-3-5-15(6-4-14)32-8-7-27-12-32/h3-12H,1-2H3,(H,31,33)(H,28,29,30). The highest BCUT2D eigenvalue weighted by molar-refractivity contribution is 7.18. The third kappa shape index (κ3) is 4.41. The van der Waals surface area contributed by atoms with Gasteiger partial charge in [0.05, 0.1) is 39.9 Å². The molecule has 0 spiro atoms. The van der Waals surface area contributed by atoms with E-state index in [2.05, 4.69) is 25.6 Å². The Hall–Kier alpha value is -3.66. The molecule has 5 rings (SSSR count). The van der Waals surface area contributed by atoms with E-state index in [1.54, 1.807) is 24.0 Å². The van der Waals surface area contributed by atoms with Crippen LogP contribution in [0.5, 0.6) is 5.75 Å². The Morgan fingerprint density at radius 2 is 1.94 bits per heavy atom. The summed E-state index contributed by atoms with van der Waals surface area (Å²) in [7, 11) is 1.50. The van der Waals surface area contributed by atoms with Crippen LogP contribution in [-0.4, -0.2) is 32.5 Å². The van der Waals surface area contributed by atoms with E-state index in [1.165, 1.54) is 24.8 Å². The maximum absolute atomic E-state index is 13.2. The van der Waals surface area contributed by atoms with Crippen LogP contribution >= 0.6 is 34.5 Å². The third-order valence-electron chi connectivity index (χ3n) is 5.34. The first kappa shape index (κ1) is 23.1. The lowest BCUT2D eigenvalue weighted by atomic mass is 10.2. The number of ether oxygens (including phenoxy) is 1. The number of hydrogen-bond donors (Lipinski definition) is 2. The number of rotatable bonds is 6. The fourth-order valence-corrected chi connectivity index (χ4v) is 5.01. The molecule has 0 aliphatic heterocycles. The van der Waals surface area contributed by atoms with E-state index >= 15 is 0 Å². The molecule has 0 saturated heterocycles. The summed E-state index contributed by atoms with van der Waals surface area (Å²) >= 11 is 14.2. The molecule has 0 aliphatic rings. The molecule has 8 nitrogen and oxygen atoms in total. The number of fused-ring (bicyclic) bond motifs is 1. The summed E-state index contributed by atoms with van der Waals surface area (Å²) in [6.45, 7) is 1.81. The van der Waals surface area contributed by atoms with Gasteiger partial charge in [-0.1, -0.05) is 23.2 Å². The quantitative estimate of drug-likeness (QED) is 0.263. The van der Waals surface area contributed by atoms with Crippen LogP contribution < -0.4 is 15.4 Å². The molecular weight excluding hydrogens is 507 g/mol. The summed E-state index contributed by atoms with van der Waals surface area (Å²) in [4.78, 5) is 26.0. The van der Waals surface area contributed by atoms with Crippen LogP contribution in [0.25, 0.3) is 15.9 Å². The minimum atomic E-state index is -0.387. The van der Waals surface area contributed by atoms with Crippen molar-refractivity contribution >= 4 is 67.9 Å². The molecule has 0 radical (unpaired) electrons. The molecule has 176 valence electrons. The van der Waals surface area contributed by atoms with E-state index < -0.39 is 0 Å². The number of carbonyl (C=O) groups is 1. The molecule has 0 fully saturated rings. The predicted octanol–water partition coefficient (Wildman–Crippen LogP) is 6.50. The largest absolute Gasteiger partial charge is 0.495 e. The van der Waals surface area contributed by atoms with Crippen LogP contribution in [0.3, 0.4) is 0 Å². The number of amides is 1. The summed E-state index contributed by atoms with van der Waals surface area (Å²) in [5.74, 6) is 0.636. The van der Waals surface area contributed by atoms with Gasteiger partial charge < -0.3 is 19.9 Å². The lowest BCUT2D eigenvalue weighted by Crippen LogP contribution is -2.13. The van der Waals surface area contributed by atoms with E-state index in [4.69, 9.17) is 27.9 Å². The minimum absolute atomic E-state index is 0.229. The van der Waals surface area contributed by atoms with E-state index in [-0.39, 0.29) is 10.9 Å². The van der Waals surface area contributed by atoms with Gasteiger partial charge in [-0.2, -0.15) is 0 Å². The van der Waals surface area contributed by atoms with Crippen LogP contribution in [0.2, 0.25) is 10.0 Å². The first-order valence-electron chi connectivity index (χ1n) is 10.4. The van der Waals surface area contributed by atoms with Crippen LogP contribution in [0.1, 0.15) is 15.9 Å². The maximum atomic E-state index is 13.2. The number of imidazole rings is 1. The molecular formula is C24H18Cl2N6O2S. The Morgan fingerprint density at radius 1 is 1.14 bits per heavy atom. The third-order valence-corrected chi connectivity index (χ3v) is 7.18. The summed E-state index contributed by atoms with van der Waals surface area (Å²) in [6, 6.07) is 9.55. The molecule has 3 aromatic heterocycles. The molecule has 0 aliphatic carbocycles. The molecule has 0 unspecified atom stereocenters. The van der Waals surface area contributed by atoms with Gasteiger partial charge in [-0.25, -0.2) is 15.0 Å². The lowest BCUT2D eigenvalue weighted by Gasteiger charge is -2.14. The van der Waals surface area contributed by atoms with E-state index in [1.807, 2.05) is 42.0 Å². The Kier molecular flexibility index (Phi) is 6.29. The molecule has 11 heteroatoms. The number of hydrogen-bond acceptors (Lipinski definition) is 7. The maximum Gasteiger partial charge on any atom is 0.258 e. The average molecular weight is 525 g/mol. The lowest BCUT2D eigenvalue weighted by molar-refractivity contribution is 0.102. The smallest absolute Gasteiger partial charge is 0.258 e. The predicted molar refractivity (Wildman–Crippen MR) is 140 cm³/mol. The zero-order valence-corrected chi connectivity index (χ0v) is 20.9. The number of aromatic nitrogens is 4. The van der Waals surface area contributed by atoms with Gasteiger partial charge in [0.2, 0.25) is 0 Å². The van der Waals surface area contributed by atoms with Crippen molar-refractivity contribution in [1.29, 1.82) is 0 Å². The number of halogens is 2. The number of thiophene rings is 1. The number of anilines is 3. The van der Waals surface area contributed by atoms with Crippen molar-refractivity contribution in [2.45, 2.75) is 6.92 Å². The highest BCUT2D eigenvalue weighted by atomic mass is 35.5. The Labute approximate surface area is 214 Å². The average Bonchev–Trinajstić information content (AvgIpc) is 3.55. The van der Waals surface area contributed by atoms with Gasteiger partial charge in [-0.05, 0) is 42.8 Å². The molecule has 0 bridgehead atoms. The van der Waals surface area contributed by atoms with E-state index in [0.717, 1.165) is 21.6 Å². The first-order chi connectivity index (χ1) is 17.0. The summed E-state index contributed by atoms with van der Waals surface area (Å²) < 4.78 is 7.95. The molecule has 5 aromatic rings. The van der Waals surface area contributed by atoms with Crippen molar-refractivity contribution in [3.8, 4) is 11.4 Å². The summed E-state index contributed by atoms with van der Waals surface area (Å²) in [5, 5.41) is 8.43. The van der Waals surface area contributed by atoms with Gasteiger partial charge in [0.1, 0.15) is 17.1 Å².